The molecule has 5 heteroatoms. The Morgan fingerprint density at radius 2 is 1.44 bits per heavy atom. The molecule has 5 nitrogen and oxygen atoms in total. The van der Waals surface area contributed by atoms with E-state index in [1.165, 1.54) is 44.9 Å². The fraction of sp³-hybridized carbons (Fsp3) is 0.529. The van der Waals surface area contributed by atoms with E-state index in [2.05, 4.69) is 58.1 Å². The molecule has 0 aliphatic heterocycles. The number of ketones is 1. The number of anilines is 2. The van der Waals surface area contributed by atoms with Crippen LogP contribution in [0.5, 0.6) is 0 Å². The van der Waals surface area contributed by atoms with Gasteiger partial charge in [-0.25, -0.2) is 0 Å². The van der Waals surface area contributed by atoms with Crippen LogP contribution in [0.25, 0.3) is 22.2 Å². The van der Waals surface area contributed by atoms with E-state index in [9.17, 15) is 9.59 Å². The molecule has 5 saturated carbocycles. The van der Waals surface area contributed by atoms with Gasteiger partial charge in [-0.2, -0.15) is 0 Å². The maximum Gasteiger partial charge on any atom is 0.230 e. The van der Waals surface area contributed by atoms with E-state index in [0.717, 1.165) is 83.4 Å². The molecule has 0 spiro atoms. The van der Waals surface area contributed by atoms with Gasteiger partial charge in [0.2, 0.25) is 5.91 Å². The topological polar surface area (TPSA) is 74.0 Å². The Labute approximate surface area is 231 Å². The van der Waals surface area contributed by atoms with E-state index >= 15 is 0 Å². The Morgan fingerprint density at radius 1 is 0.795 bits per heavy atom. The van der Waals surface area contributed by atoms with Gasteiger partial charge in [-0.15, -0.1) is 0 Å². The SMILES string of the molecule is O=C(CNc1ccc(-c2cc3ccc(NC(=O)C45CC6CC(CC(C6)C4)C5)cc3[nH]2)cc1)C1CCCCCC1. The highest BCUT2D eigenvalue weighted by molar-refractivity contribution is 5.98. The van der Waals surface area contributed by atoms with Crippen LogP contribution < -0.4 is 10.6 Å². The Bertz CT molecular complexity index is 1330. The third kappa shape index (κ3) is 5.01. The number of nitrogens with one attached hydrogen (secondary N) is 3. The van der Waals surface area contributed by atoms with E-state index < -0.39 is 0 Å². The molecule has 0 atom stereocenters. The maximum absolute atomic E-state index is 13.5. The van der Waals surface area contributed by atoms with Crippen LogP contribution in [0.4, 0.5) is 11.4 Å². The standard InChI is InChI=1S/C34H41N3O2/c38-32(26-5-3-1-2-4-6-26)21-35-28-10-7-25(8-11-28)30-16-27-9-12-29(17-31(27)37-30)36-33(39)34-18-22-13-23(19-34)15-24(14-22)20-34/h7-12,16-17,22-24,26,35,37H,1-6,13-15,18-21H2,(H,36,39). The molecule has 1 heterocycles. The van der Waals surface area contributed by atoms with Crippen molar-refractivity contribution in [2.75, 3.05) is 17.2 Å². The van der Waals surface area contributed by atoms with Crippen molar-refractivity contribution >= 4 is 34.0 Å². The fourth-order valence-corrected chi connectivity index (χ4v) is 8.72. The van der Waals surface area contributed by atoms with Crippen LogP contribution in [0.3, 0.4) is 0 Å². The normalized spacial score (nSPS) is 28.4. The number of carbonyl (C=O) groups excluding carboxylic acids is 2. The zero-order chi connectivity index (χ0) is 26.4. The van der Waals surface area contributed by atoms with Gasteiger partial charge in [0.1, 0.15) is 0 Å². The molecule has 0 unspecified atom stereocenters. The third-order valence-corrected chi connectivity index (χ3v) is 10.4. The van der Waals surface area contributed by atoms with Crippen molar-refractivity contribution in [3.8, 4) is 11.3 Å². The summed E-state index contributed by atoms with van der Waals surface area (Å²) < 4.78 is 0. The molecule has 0 radical (unpaired) electrons. The lowest BCUT2D eigenvalue weighted by molar-refractivity contribution is -0.140. The number of Topliss-reactive ketones (excluding diaryl/α,β-unsaturated/α-hetero) is 1. The van der Waals surface area contributed by atoms with Crippen molar-refractivity contribution in [2.45, 2.75) is 77.0 Å². The largest absolute Gasteiger partial charge is 0.378 e. The molecule has 3 N–H and O–H groups in total. The van der Waals surface area contributed by atoms with Crippen molar-refractivity contribution in [3.63, 3.8) is 0 Å². The van der Waals surface area contributed by atoms with Gasteiger partial charge in [0, 0.05) is 33.9 Å². The van der Waals surface area contributed by atoms with Crippen LogP contribution in [-0.2, 0) is 9.59 Å². The first kappa shape index (κ1) is 24.9. The van der Waals surface area contributed by atoms with E-state index in [1.54, 1.807) is 0 Å². The minimum absolute atomic E-state index is 0.138. The second-order valence-electron chi connectivity index (χ2n) is 13.2. The van der Waals surface area contributed by atoms with Gasteiger partial charge in [0.05, 0.1) is 12.0 Å². The summed E-state index contributed by atoms with van der Waals surface area (Å²) >= 11 is 0. The van der Waals surface area contributed by atoms with Gasteiger partial charge >= 0.3 is 0 Å². The summed E-state index contributed by atoms with van der Waals surface area (Å²) in [5.74, 6) is 3.11. The van der Waals surface area contributed by atoms with Gasteiger partial charge in [0.15, 0.2) is 5.78 Å². The summed E-state index contributed by atoms with van der Waals surface area (Å²) in [7, 11) is 0. The molecule has 4 bridgehead atoms. The number of amides is 1. The average Bonchev–Trinajstić information content (AvgIpc) is 3.15. The van der Waals surface area contributed by atoms with Crippen molar-refractivity contribution < 1.29 is 9.59 Å². The number of rotatable bonds is 7. The lowest BCUT2D eigenvalue weighted by atomic mass is 9.49. The molecule has 39 heavy (non-hydrogen) atoms. The number of aromatic nitrogens is 1. The molecular weight excluding hydrogens is 482 g/mol. The van der Waals surface area contributed by atoms with E-state index in [0.29, 0.717) is 12.3 Å². The van der Waals surface area contributed by atoms with Gasteiger partial charge < -0.3 is 15.6 Å². The Balaban J connectivity index is 1.00. The van der Waals surface area contributed by atoms with Gasteiger partial charge in [-0.1, -0.05) is 43.9 Å². The van der Waals surface area contributed by atoms with Crippen LogP contribution in [-0.4, -0.2) is 23.2 Å². The Kier molecular flexibility index (Phi) is 6.49. The Hall–Kier alpha value is -3.08. The van der Waals surface area contributed by atoms with Crippen LogP contribution in [0.1, 0.15) is 77.0 Å². The molecule has 1 aromatic heterocycles. The Morgan fingerprint density at radius 3 is 2.10 bits per heavy atom. The van der Waals surface area contributed by atoms with Gasteiger partial charge in [-0.05, 0) is 105 Å². The van der Waals surface area contributed by atoms with Crippen LogP contribution in [0, 0.1) is 29.1 Å². The lowest BCUT2D eigenvalue weighted by Crippen LogP contribution is -2.51. The molecule has 5 aliphatic carbocycles. The highest BCUT2D eigenvalue weighted by Crippen LogP contribution is 2.60. The van der Waals surface area contributed by atoms with E-state index in [1.807, 2.05) is 6.07 Å². The summed E-state index contributed by atoms with van der Waals surface area (Å²) in [6.45, 7) is 0.411. The molecule has 0 saturated heterocycles. The predicted molar refractivity (Wildman–Crippen MR) is 158 cm³/mol. The smallest absolute Gasteiger partial charge is 0.230 e. The highest BCUT2D eigenvalue weighted by atomic mass is 16.2. The number of carbonyl (C=O) groups is 2. The molecule has 8 rings (SSSR count). The number of fused-ring (bicyclic) bond motifs is 1. The number of aromatic amines is 1. The quantitative estimate of drug-likeness (QED) is 0.275. The average molecular weight is 524 g/mol. The van der Waals surface area contributed by atoms with Gasteiger partial charge in [-0.3, -0.25) is 9.59 Å². The fourth-order valence-electron chi connectivity index (χ4n) is 8.72. The zero-order valence-corrected chi connectivity index (χ0v) is 22.9. The molecule has 204 valence electrons. The number of H-pyrrole nitrogens is 1. The highest BCUT2D eigenvalue weighted by Gasteiger charge is 2.54. The minimum Gasteiger partial charge on any atom is -0.378 e. The maximum atomic E-state index is 13.5. The number of hydrogen-bond donors (Lipinski definition) is 3. The van der Waals surface area contributed by atoms with Crippen LogP contribution in [0.15, 0.2) is 48.5 Å². The number of benzene rings is 2. The first-order valence-corrected chi connectivity index (χ1v) is 15.3. The number of hydrogen-bond acceptors (Lipinski definition) is 3. The molecule has 3 aromatic rings. The third-order valence-electron chi connectivity index (χ3n) is 10.4. The summed E-state index contributed by atoms with van der Waals surface area (Å²) in [5.41, 5.74) is 4.91. The second kappa shape index (κ2) is 10.1. The lowest BCUT2D eigenvalue weighted by Gasteiger charge is -2.55. The predicted octanol–water partition coefficient (Wildman–Crippen LogP) is 7.94. The molecule has 5 fully saturated rings. The minimum atomic E-state index is -0.138. The van der Waals surface area contributed by atoms with Crippen molar-refractivity contribution in [3.05, 3.63) is 48.5 Å². The van der Waals surface area contributed by atoms with Crippen LogP contribution in [0.2, 0.25) is 0 Å². The summed E-state index contributed by atoms with van der Waals surface area (Å²) in [6.07, 6.45) is 14.3. The first-order valence-electron chi connectivity index (χ1n) is 15.3. The van der Waals surface area contributed by atoms with E-state index in [4.69, 9.17) is 0 Å². The zero-order valence-electron chi connectivity index (χ0n) is 22.9. The summed E-state index contributed by atoms with van der Waals surface area (Å²) in [5, 5.41) is 7.78. The summed E-state index contributed by atoms with van der Waals surface area (Å²) in [6, 6.07) is 16.7. The molecular formula is C34H41N3O2. The van der Waals surface area contributed by atoms with Crippen LogP contribution >= 0.6 is 0 Å². The second-order valence-corrected chi connectivity index (χ2v) is 13.2. The van der Waals surface area contributed by atoms with Gasteiger partial charge in [0.25, 0.3) is 0 Å². The van der Waals surface area contributed by atoms with Crippen molar-refractivity contribution in [1.82, 2.24) is 4.98 Å². The summed E-state index contributed by atoms with van der Waals surface area (Å²) in [4.78, 5) is 29.7. The van der Waals surface area contributed by atoms with Crippen molar-refractivity contribution in [2.24, 2.45) is 29.1 Å². The molecule has 2 aromatic carbocycles. The monoisotopic (exact) mass is 523 g/mol. The van der Waals surface area contributed by atoms with E-state index in [-0.39, 0.29) is 17.2 Å². The first-order chi connectivity index (χ1) is 19.0. The van der Waals surface area contributed by atoms with Crippen molar-refractivity contribution in [1.29, 1.82) is 0 Å². The molecule has 5 aliphatic rings. The molecule has 1 amide bonds.